The Hall–Kier alpha value is -3.46. The zero-order chi connectivity index (χ0) is 28.0. The third-order valence-electron chi connectivity index (χ3n) is 7.30. The highest BCUT2D eigenvalue weighted by Gasteiger charge is 2.52. The first kappa shape index (κ1) is 28.5. The first-order valence-electron chi connectivity index (χ1n) is 13.1. The molecule has 1 N–H and O–H groups in total. The van der Waals surface area contributed by atoms with Crippen molar-refractivity contribution in [1.29, 1.82) is 0 Å². The molecule has 1 aliphatic heterocycles. The summed E-state index contributed by atoms with van der Waals surface area (Å²) >= 11 is 0. The van der Waals surface area contributed by atoms with Crippen LogP contribution in [0.2, 0.25) is 5.04 Å². The summed E-state index contributed by atoms with van der Waals surface area (Å²) in [7, 11) is -2.93. The predicted octanol–water partition coefficient (Wildman–Crippen LogP) is 4.82. The molecule has 3 aromatic rings. The van der Waals surface area contributed by atoms with Gasteiger partial charge in [0.25, 0.3) is 8.32 Å². The fraction of sp³-hybridized carbons (Fsp3) is 0.367. The van der Waals surface area contributed by atoms with Crippen molar-refractivity contribution in [2.45, 2.75) is 57.3 Å². The largest absolute Gasteiger partial charge is 0.456 e. The molecule has 5 atom stereocenters. The number of benzene rings is 3. The van der Waals surface area contributed by atoms with Gasteiger partial charge in [-0.3, -0.25) is 0 Å². The van der Waals surface area contributed by atoms with Crippen LogP contribution in [0, 0.1) is 5.92 Å². The lowest BCUT2D eigenvalue weighted by atomic mass is 9.91. The minimum atomic E-state index is -2.93. The number of ether oxygens (including phenoxy) is 2. The Morgan fingerprint density at radius 1 is 0.974 bits per heavy atom. The lowest BCUT2D eigenvalue weighted by Crippen LogP contribution is -2.68. The molecule has 2 unspecified atom stereocenters. The standard InChI is InChI=1S/C30H35N3O5Si/c1-21-27(38-29(35)22-14-8-5-9-15-22)26(34)25(37-28(21)32-33-31)20-36-39(30(2,3)4,23-16-10-6-11-17-23)24-18-12-7-13-19-24/h5-19,21,25-28,34H,20H2,1-4H3/t21?,25?,26-,27+,28+/m0/s1. The Balaban J connectivity index is 1.68. The maximum Gasteiger partial charge on any atom is 0.338 e. The second-order valence-corrected chi connectivity index (χ2v) is 15.1. The average molecular weight is 546 g/mol. The van der Waals surface area contributed by atoms with Crippen molar-refractivity contribution in [1.82, 2.24) is 0 Å². The van der Waals surface area contributed by atoms with E-state index in [0.717, 1.165) is 10.4 Å². The number of hydrogen-bond donors (Lipinski definition) is 1. The summed E-state index contributed by atoms with van der Waals surface area (Å²) in [5.74, 6) is -1.15. The van der Waals surface area contributed by atoms with E-state index in [1.54, 1.807) is 37.3 Å². The van der Waals surface area contributed by atoms with Crippen LogP contribution in [0.4, 0.5) is 0 Å². The van der Waals surface area contributed by atoms with Gasteiger partial charge in [0.1, 0.15) is 24.5 Å². The van der Waals surface area contributed by atoms with Crippen molar-refractivity contribution < 1.29 is 23.8 Å². The Morgan fingerprint density at radius 3 is 1.97 bits per heavy atom. The highest BCUT2D eigenvalue weighted by Crippen LogP contribution is 2.38. The molecule has 0 aliphatic carbocycles. The van der Waals surface area contributed by atoms with E-state index < -0.39 is 44.7 Å². The highest BCUT2D eigenvalue weighted by molar-refractivity contribution is 6.99. The fourth-order valence-electron chi connectivity index (χ4n) is 5.30. The molecule has 4 rings (SSSR count). The van der Waals surface area contributed by atoms with Gasteiger partial charge in [-0.05, 0) is 33.1 Å². The van der Waals surface area contributed by atoms with Gasteiger partial charge >= 0.3 is 5.97 Å². The first-order valence-corrected chi connectivity index (χ1v) is 15.0. The summed E-state index contributed by atoms with van der Waals surface area (Å²) in [6, 6.07) is 28.8. The zero-order valence-electron chi connectivity index (χ0n) is 22.7. The molecule has 0 saturated carbocycles. The van der Waals surface area contributed by atoms with Crippen LogP contribution in [0.1, 0.15) is 38.1 Å². The molecule has 3 aromatic carbocycles. The van der Waals surface area contributed by atoms with Gasteiger partial charge in [-0.25, -0.2) is 4.79 Å². The maximum atomic E-state index is 12.9. The molecule has 8 nitrogen and oxygen atoms in total. The number of azide groups is 1. The first-order chi connectivity index (χ1) is 18.7. The molecule has 1 fully saturated rings. The molecular weight excluding hydrogens is 510 g/mol. The van der Waals surface area contributed by atoms with E-state index in [9.17, 15) is 15.4 Å². The second-order valence-electron chi connectivity index (χ2n) is 10.8. The molecule has 1 aliphatic rings. The number of rotatable bonds is 8. The van der Waals surface area contributed by atoms with Crippen LogP contribution < -0.4 is 10.4 Å². The molecular formula is C30H35N3O5Si. The molecule has 9 heteroatoms. The third-order valence-corrected chi connectivity index (χ3v) is 12.3. The zero-order valence-corrected chi connectivity index (χ0v) is 23.7. The molecule has 39 heavy (non-hydrogen) atoms. The topological polar surface area (TPSA) is 114 Å². The normalized spacial score (nSPS) is 23.5. The molecule has 204 valence electrons. The molecule has 0 amide bonds. The number of hydrogen-bond acceptors (Lipinski definition) is 6. The number of nitrogens with zero attached hydrogens (tertiary/aromatic N) is 3. The van der Waals surface area contributed by atoms with E-state index in [0.29, 0.717) is 5.56 Å². The molecule has 1 heterocycles. The quantitative estimate of drug-likeness (QED) is 0.143. The molecule has 0 radical (unpaired) electrons. The van der Waals surface area contributed by atoms with Crippen molar-refractivity contribution in [3.05, 3.63) is 107 Å². The van der Waals surface area contributed by atoms with Gasteiger partial charge in [-0.2, -0.15) is 0 Å². The summed E-state index contributed by atoms with van der Waals surface area (Å²) in [4.78, 5) is 15.8. The predicted molar refractivity (Wildman–Crippen MR) is 152 cm³/mol. The van der Waals surface area contributed by atoms with Gasteiger partial charge in [0.2, 0.25) is 0 Å². The van der Waals surface area contributed by atoms with E-state index in [4.69, 9.17) is 13.9 Å². The monoisotopic (exact) mass is 545 g/mol. The lowest BCUT2D eigenvalue weighted by molar-refractivity contribution is -0.202. The number of aliphatic hydroxyl groups excluding tert-OH is 1. The van der Waals surface area contributed by atoms with Gasteiger partial charge in [0.05, 0.1) is 12.2 Å². The fourth-order valence-corrected chi connectivity index (χ4v) is 9.87. The number of carbonyl (C=O) groups excluding carboxylic acids is 1. The minimum absolute atomic E-state index is 0.0119. The second kappa shape index (κ2) is 12.2. The summed E-state index contributed by atoms with van der Waals surface area (Å²) in [6.45, 7) is 8.22. The Morgan fingerprint density at radius 2 is 1.49 bits per heavy atom. The van der Waals surface area contributed by atoms with Gasteiger partial charge in [0, 0.05) is 10.8 Å². The van der Waals surface area contributed by atoms with E-state index in [1.165, 1.54) is 0 Å². The van der Waals surface area contributed by atoms with Crippen LogP contribution in [-0.4, -0.2) is 50.5 Å². The van der Waals surface area contributed by atoms with Crippen molar-refractivity contribution in [3.8, 4) is 0 Å². The number of esters is 1. The van der Waals surface area contributed by atoms with Gasteiger partial charge in [0.15, 0.2) is 0 Å². The highest BCUT2D eigenvalue weighted by atomic mass is 28.4. The number of aliphatic hydroxyl groups is 1. The lowest BCUT2D eigenvalue weighted by Gasteiger charge is -2.46. The van der Waals surface area contributed by atoms with Crippen LogP contribution >= 0.6 is 0 Å². The molecule has 0 bridgehead atoms. The van der Waals surface area contributed by atoms with Gasteiger partial charge < -0.3 is 19.0 Å². The third kappa shape index (κ3) is 5.93. The summed E-state index contributed by atoms with van der Waals surface area (Å²) in [5.41, 5.74) is 9.55. The van der Waals surface area contributed by atoms with Crippen LogP contribution in [-0.2, 0) is 13.9 Å². The molecule has 1 saturated heterocycles. The van der Waals surface area contributed by atoms with Crippen LogP contribution in [0.15, 0.2) is 96.1 Å². The van der Waals surface area contributed by atoms with E-state index in [2.05, 4.69) is 55.1 Å². The minimum Gasteiger partial charge on any atom is -0.456 e. The maximum absolute atomic E-state index is 12.9. The van der Waals surface area contributed by atoms with Crippen molar-refractivity contribution in [2.24, 2.45) is 11.0 Å². The van der Waals surface area contributed by atoms with Crippen LogP contribution in [0.3, 0.4) is 0 Å². The van der Waals surface area contributed by atoms with Crippen molar-refractivity contribution in [3.63, 3.8) is 0 Å². The van der Waals surface area contributed by atoms with Crippen molar-refractivity contribution in [2.75, 3.05) is 6.61 Å². The molecule has 0 aromatic heterocycles. The Kier molecular flexibility index (Phi) is 8.89. The van der Waals surface area contributed by atoms with Gasteiger partial charge in [-0.15, -0.1) is 0 Å². The number of carbonyl (C=O) groups is 1. The SMILES string of the molecule is CC1[C@H](N=[N+]=[N-])OC(CO[Si](c2ccccc2)(c2ccccc2)C(C)(C)C)[C@H](O)[C@@H]1OC(=O)c1ccccc1. The van der Waals surface area contributed by atoms with Crippen LogP contribution in [0.5, 0.6) is 0 Å². The van der Waals surface area contributed by atoms with Crippen LogP contribution in [0.25, 0.3) is 10.4 Å². The summed E-state index contributed by atoms with van der Waals surface area (Å²) < 4.78 is 18.8. The molecule has 0 spiro atoms. The smallest absolute Gasteiger partial charge is 0.338 e. The van der Waals surface area contributed by atoms with Crippen molar-refractivity contribution >= 4 is 24.7 Å². The average Bonchev–Trinajstić information content (AvgIpc) is 2.94. The van der Waals surface area contributed by atoms with E-state index in [1.807, 2.05) is 36.4 Å². The Labute approximate surface area is 230 Å². The van der Waals surface area contributed by atoms with E-state index >= 15 is 0 Å². The van der Waals surface area contributed by atoms with Gasteiger partial charge in [-0.1, -0.05) is 112 Å². The summed E-state index contributed by atoms with van der Waals surface area (Å²) in [5, 5.41) is 17.1. The summed E-state index contributed by atoms with van der Waals surface area (Å²) in [6.07, 6.45) is -4.00. The van der Waals surface area contributed by atoms with E-state index in [-0.39, 0.29) is 11.6 Å². The Bertz CT molecular complexity index is 1240.